The van der Waals surface area contributed by atoms with Gasteiger partial charge in [0.25, 0.3) is 0 Å². The summed E-state index contributed by atoms with van der Waals surface area (Å²) in [5.41, 5.74) is 1.15. The summed E-state index contributed by atoms with van der Waals surface area (Å²) in [7, 11) is 0. The van der Waals surface area contributed by atoms with Gasteiger partial charge in [0.15, 0.2) is 0 Å². The van der Waals surface area contributed by atoms with Gasteiger partial charge in [-0.3, -0.25) is 9.88 Å². The zero-order chi connectivity index (χ0) is 11.1. The van der Waals surface area contributed by atoms with Gasteiger partial charge < -0.3 is 10.6 Å². The standard InChI is InChI=1S/C12H20N4.ClH/c1-2-4-15-12(3-1)11-16-9-7-13-5-6-14-8-10-16;/h1-4,13-14H,5-11H2;1H. The lowest BCUT2D eigenvalue weighted by molar-refractivity contribution is 0.269. The Morgan fingerprint density at radius 1 is 1.06 bits per heavy atom. The van der Waals surface area contributed by atoms with E-state index in [0.717, 1.165) is 51.5 Å². The Bertz CT molecular complexity index is 284. The molecule has 1 saturated heterocycles. The second kappa shape index (κ2) is 8.42. The topological polar surface area (TPSA) is 40.2 Å². The van der Waals surface area contributed by atoms with Gasteiger partial charge in [0.1, 0.15) is 0 Å². The first kappa shape index (κ1) is 14.4. The molecule has 2 N–H and O–H groups in total. The van der Waals surface area contributed by atoms with E-state index in [2.05, 4.69) is 32.7 Å². The number of halogens is 1. The first-order chi connectivity index (χ1) is 7.95. The Morgan fingerprint density at radius 2 is 1.76 bits per heavy atom. The summed E-state index contributed by atoms with van der Waals surface area (Å²) in [5.74, 6) is 0. The van der Waals surface area contributed by atoms with E-state index in [-0.39, 0.29) is 12.4 Å². The molecule has 1 aromatic heterocycles. The van der Waals surface area contributed by atoms with E-state index in [1.165, 1.54) is 0 Å². The van der Waals surface area contributed by atoms with Gasteiger partial charge in [0.05, 0.1) is 5.69 Å². The smallest absolute Gasteiger partial charge is 0.0543 e. The molecule has 4 nitrogen and oxygen atoms in total. The van der Waals surface area contributed by atoms with Crippen LogP contribution >= 0.6 is 12.4 Å². The van der Waals surface area contributed by atoms with Crippen LogP contribution in [0.2, 0.25) is 0 Å². The summed E-state index contributed by atoms with van der Waals surface area (Å²) >= 11 is 0. The van der Waals surface area contributed by atoms with Gasteiger partial charge in [0, 0.05) is 52.0 Å². The molecule has 0 bridgehead atoms. The molecule has 0 saturated carbocycles. The molecule has 0 spiro atoms. The maximum atomic E-state index is 4.37. The molecule has 0 aliphatic carbocycles. The van der Waals surface area contributed by atoms with Crippen molar-refractivity contribution in [3.8, 4) is 0 Å². The molecule has 0 aromatic carbocycles. The highest BCUT2D eigenvalue weighted by atomic mass is 35.5. The van der Waals surface area contributed by atoms with Crippen molar-refractivity contribution in [2.24, 2.45) is 0 Å². The summed E-state index contributed by atoms with van der Waals surface area (Å²) in [6.45, 7) is 7.40. The van der Waals surface area contributed by atoms with Crippen LogP contribution in [0.25, 0.3) is 0 Å². The highest BCUT2D eigenvalue weighted by Crippen LogP contribution is 2.00. The fourth-order valence-electron chi connectivity index (χ4n) is 1.89. The molecule has 0 amide bonds. The first-order valence-corrected chi connectivity index (χ1v) is 5.99. The van der Waals surface area contributed by atoms with Crippen LogP contribution in [0.3, 0.4) is 0 Å². The van der Waals surface area contributed by atoms with Crippen molar-refractivity contribution < 1.29 is 0 Å². The quantitative estimate of drug-likeness (QED) is 0.809. The lowest BCUT2D eigenvalue weighted by atomic mass is 10.3. The lowest BCUT2D eigenvalue weighted by Gasteiger charge is -2.20. The Labute approximate surface area is 109 Å². The Balaban J connectivity index is 0.00000144. The summed E-state index contributed by atoms with van der Waals surface area (Å²) in [5, 5.41) is 6.84. The van der Waals surface area contributed by atoms with E-state index in [1.54, 1.807) is 0 Å². The summed E-state index contributed by atoms with van der Waals surface area (Å²) in [6.07, 6.45) is 1.86. The van der Waals surface area contributed by atoms with Crippen molar-refractivity contribution in [3.63, 3.8) is 0 Å². The van der Waals surface area contributed by atoms with Gasteiger partial charge in [-0.1, -0.05) is 6.07 Å². The lowest BCUT2D eigenvalue weighted by Crippen LogP contribution is -2.33. The average molecular weight is 257 g/mol. The van der Waals surface area contributed by atoms with Crippen molar-refractivity contribution >= 4 is 12.4 Å². The number of hydrogen-bond acceptors (Lipinski definition) is 4. The van der Waals surface area contributed by atoms with E-state index in [9.17, 15) is 0 Å². The van der Waals surface area contributed by atoms with E-state index >= 15 is 0 Å². The fourth-order valence-corrected chi connectivity index (χ4v) is 1.89. The second-order valence-electron chi connectivity index (χ2n) is 4.10. The molecule has 1 fully saturated rings. The molecular weight excluding hydrogens is 236 g/mol. The fraction of sp³-hybridized carbons (Fsp3) is 0.583. The monoisotopic (exact) mass is 256 g/mol. The Hall–Kier alpha value is -0.680. The van der Waals surface area contributed by atoms with Crippen molar-refractivity contribution in [2.45, 2.75) is 6.54 Å². The van der Waals surface area contributed by atoms with Crippen LogP contribution in [0, 0.1) is 0 Å². The minimum Gasteiger partial charge on any atom is -0.314 e. The van der Waals surface area contributed by atoms with E-state index in [4.69, 9.17) is 0 Å². The molecule has 0 radical (unpaired) electrons. The largest absolute Gasteiger partial charge is 0.314 e. The molecule has 1 aliphatic rings. The molecule has 96 valence electrons. The van der Waals surface area contributed by atoms with Crippen LogP contribution in [0.15, 0.2) is 24.4 Å². The van der Waals surface area contributed by atoms with Crippen LogP contribution < -0.4 is 10.6 Å². The molecular formula is C12H21ClN4. The predicted molar refractivity (Wildman–Crippen MR) is 72.5 cm³/mol. The van der Waals surface area contributed by atoms with Gasteiger partial charge in [-0.2, -0.15) is 0 Å². The first-order valence-electron chi connectivity index (χ1n) is 5.99. The number of rotatable bonds is 2. The second-order valence-corrected chi connectivity index (χ2v) is 4.10. The van der Waals surface area contributed by atoms with Crippen molar-refractivity contribution in [1.29, 1.82) is 0 Å². The van der Waals surface area contributed by atoms with Gasteiger partial charge >= 0.3 is 0 Å². The maximum Gasteiger partial charge on any atom is 0.0543 e. The third-order valence-corrected chi connectivity index (χ3v) is 2.80. The van der Waals surface area contributed by atoms with Gasteiger partial charge in [0.2, 0.25) is 0 Å². The number of hydrogen-bond donors (Lipinski definition) is 2. The van der Waals surface area contributed by atoms with Gasteiger partial charge in [-0.15, -0.1) is 12.4 Å². The zero-order valence-electron chi connectivity index (χ0n) is 10.1. The third kappa shape index (κ3) is 5.46. The maximum absolute atomic E-state index is 4.37. The molecule has 0 unspecified atom stereocenters. The Kier molecular flexibility index (Phi) is 7.12. The van der Waals surface area contributed by atoms with E-state index in [0.29, 0.717) is 0 Å². The van der Waals surface area contributed by atoms with Crippen LogP contribution in [0.5, 0.6) is 0 Å². The minimum atomic E-state index is 0. The molecule has 2 heterocycles. The van der Waals surface area contributed by atoms with Gasteiger partial charge in [-0.25, -0.2) is 0 Å². The van der Waals surface area contributed by atoms with Crippen LogP contribution in [-0.2, 0) is 6.54 Å². The van der Waals surface area contributed by atoms with E-state index < -0.39 is 0 Å². The molecule has 2 rings (SSSR count). The van der Waals surface area contributed by atoms with Crippen molar-refractivity contribution in [2.75, 3.05) is 39.3 Å². The number of pyridine rings is 1. The molecule has 1 aromatic rings. The van der Waals surface area contributed by atoms with E-state index in [1.807, 2.05) is 12.3 Å². The third-order valence-electron chi connectivity index (χ3n) is 2.80. The molecule has 1 aliphatic heterocycles. The summed E-state index contributed by atoms with van der Waals surface area (Å²) < 4.78 is 0. The molecule has 5 heteroatoms. The highest BCUT2D eigenvalue weighted by molar-refractivity contribution is 5.85. The van der Waals surface area contributed by atoms with Crippen LogP contribution in [-0.4, -0.2) is 49.2 Å². The van der Waals surface area contributed by atoms with Crippen molar-refractivity contribution in [1.82, 2.24) is 20.5 Å². The average Bonchev–Trinajstić information content (AvgIpc) is 2.45. The number of nitrogens with one attached hydrogen (secondary N) is 2. The molecule has 0 atom stereocenters. The van der Waals surface area contributed by atoms with Crippen molar-refractivity contribution in [3.05, 3.63) is 30.1 Å². The highest BCUT2D eigenvalue weighted by Gasteiger charge is 2.07. The summed E-state index contributed by atoms with van der Waals surface area (Å²) in [4.78, 5) is 6.81. The Morgan fingerprint density at radius 3 is 2.35 bits per heavy atom. The normalized spacial score (nSPS) is 18.6. The van der Waals surface area contributed by atoms with Crippen LogP contribution in [0.4, 0.5) is 0 Å². The number of nitrogens with zero attached hydrogens (tertiary/aromatic N) is 2. The SMILES string of the molecule is Cl.c1ccc(CN2CCNCCNCC2)nc1. The predicted octanol–water partition coefficient (Wildman–Crippen LogP) is 0.498. The number of aromatic nitrogens is 1. The molecule has 17 heavy (non-hydrogen) atoms. The minimum absolute atomic E-state index is 0. The van der Waals surface area contributed by atoms with Crippen LogP contribution in [0.1, 0.15) is 5.69 Å². The summed E-state index contributed by atoms with van der Waals surface area (Å²) in [6, 6.07) is 6.10. The van der Waals surface area contributed by atoms with Gasteiger partial charge in [-0.05, 0) is 12.1 Å². The zero-order valence-corrected chi connectivity index (χ0v) is 10.9.